The van der Waals surface area contributed by atoms with Crippen molar-refractivity contribution in [2.75, 3.05) is 13.7 Å². The molecule has 0 radical (unpaired) electrons. The lowest BCUT2D eigenvalue weighted by Crippen LogP contribution is -2.30. The number of aryl methyl sites for hydroxylation is 1. The third-order valence-electron chi connectivity index (χ3n) is 3.82. The lowest BCUT2D eigenvalue weighted by atomic mass is 10.2. The number of esters is 1. The summed E-state index contributed by atoms with van der Waals surface area (Å²) in [4.78, 5) is 31.4. The van der Waals surface area contributed by atoms with Crippen molar-refractivity contribution in [3.05, 3.63) is 39.6 Å². The summed E-state index contributed by atoms with van der Waals surface area (Å²) in [5.41, 5.74) is 0.839. The van der Waals surface area contributed by atoms with E-state index in [1.54, 1.807) is 11.0 Å². The number of amides is 1. The van der Waals surface area contributed by atoms with Gasteiger partial charge in [-0.2, -0.15) is 10.2 Å². The summed E-state index contributed by atoms with van der Waals surface area (Å²) in [6, 6.07) is 1.54. The largest absolute Gasteiger partial charge is 0.464 e. The van der Waals surface area contributed by atoms with Crippen LogP contribution in [0.25, 0.3) is 0 Å². The molecule has 23 heavy (non-hydrogen) atoms. The van der Waals surface area contributed by atoms with Crippen molar-refractivity contribution in [1.29, 1.82) is 0 Å². The van der Waals surface area contributed by atoms with Crippen molar-refractivity contribution in [2.24, 2.45) is 0 Å². The molecule has 0 saturated carbocycles. The molecule has 2 aromatic rings. The summed E-state index contributed by atoms with van der Waals surface area (Å²) >= 11 is 1.44. The summed E-state index contributed by atoms with van der Waals surface area (Å²) in [6.45, 7) is 2.50. The number of rotatable bonds is 3. The second-order valence-electron chi connectivity index (χ2n) is 5.24. The van der Waals surface area contributed by atoms with E-state index in [0.717, 1.165) is 22.7 Å². The standard InChI is InChI=1S/C15H16N4O3S/c1-9-12(15(21)22-2)18-13(23-9)11-4-3-7-19(11)14(20)10-5-6-16-17-8-10/h5-6,8,11H,3-4,7H2,1-2H3. The van der Waals surface area contributed by atoms with Gasteiger partial charge in [-0.05, 0) is 25.8 Å². The molecule has 0 N–H and O–H groups in total. The maximum atomic E-state index is 12.7. The first-order chi connectivity index (χ1) is 11.1. The van der Waals surface area contributed by atoms with Crippen LogP contribution in [0.4, 0.5) is 0 Å². The predicted molar refractivity (Wildman–Crippen MR) is 83.2 cm³/mol. The van der Waals surface area contributed by atoms with E-state index in [9.17, 15) is 9.59 Å². The van der Waals surface area contributed by atoms with Crippen LogP contribution < -0.4 is 0 Å². The molecule has 0 spiro atoms. The van der Waals surface area contributed by atoms with E-state index >= 15 is 0 Å². The van der Waals surface area contributed by atoms with Gasteiger partial charge >= 0.3 is 5.97 Å². The number of nitrogens with zero attached hydrogens (tertiary/aromatic N) is 4. The lowest BCUT2D eigenvalue weighted by molar-refractivity contribution is 0.0593. The maximum absolute atomic E-state index is 12.7. The van der Waals surface area contributed by atoms with Crippen molar-refractivity contribution < 1.29 is 14.3 Å². The number of ether oxygens (including phenoxy) is 1. The molecule has 1 fully saturated rings. The molecular weight excluding hydrogens is 316 g/mol. The third kappa shape index (κ3) is 2.94. The van der Waals surface area contributed by atoms with E-state index in [1.165, 1.54) is 30.8 Å². The van der Waals surface area contributed by atoms with Gasteiger partial charge in [0, 0.05) is 11.4 Å². The van der Waals surface area contributed by atoms with E-state index in [0.29, 0.717) is 17.8 Å². The molecule has 0 bridgehead atoms. The molecule has 120 valence electrons. The van der Waals surface area contributed by atoms with Crippen LogP contribution in [0.2, 0.25) is 0 Å². The van der Waals surface area contributed by atoms with Crippen LogP contribution in [-0.4, -0.2) is 45.6 Å². The van der Waals surface area contributed by atoms with Gasteiger partial charge in [-0.1, -0.05) is 0 Å². The Morgan fingerprint density at radius 1 is 1.39 bits per heavy atom. The molecule has 0 aromatic carbocycles. The fourth-order valence-electron chi connectivity index (χ4n) is 2.70. The minimum absolute atomic E-state index is 0.0881. The first-order valence-corrected chi connectivity index (χ1v) is 8.06. The molecule has 3 heterocycles. The number of methoxy groups -OCH3 is 1. The molecule has 1 saturated heterocycles. The highest BCUT2D eigenvalue weighted by atomic mass is 32.1. The molecule has 1 unspecified atom stereocenters. The summed E-state index contributed by atoms with van der Waals surface area (Å²) in [5.74, 6) is -0.533. The summed E-state index contributed by atoms with van der Waals surface area (Å²) in [6.07, 6.45) is 4.70. The molecule has 8 heteroatoms. The number of aromatic nitrogens is 3. The van der Waals surface area contributed by atoms with E-state index in [-0.39, 0.29) is 11.9 Å². The van der Waals surface area contributed by atoms with Gasteiger partial charge in [0.15, 0.2) is 5.69 Å². The number of hydrogen-bond donors (Lipinski definition) is 0. The van der Waals surface area contributed by atoms with Crippen LogP contribution in [0.3, 0.4) is 0 Å². The summed E-state index contributed by atoms with van der Waals surface area (Å²) in [7, 11) is 1.34. The predicted octanol–water partition coefficient (Wildman–Crippen LogP) is 2.01. The zero-order valence-corrected chi connectivity index (χ0v) is 13.7. The second-order valence-corrected chi connectivity index (χ2v) is 6.47. The Hall–Kier alpha value is -2.35. The Kier molecular flexibility index (Phi) is 4.33. The average molecular weight is 332 g/mol. The molecule has 7 nitrogen and oxygen atoms in total. The summed E-state index contributed by atoms with van der Waals surface area (Å²) in [5, 5.41) is 8.22. The van der Waals surface area contributed by atoms with E-state index in [1.807, 2.05) is 6.92 Å². The summed E-state index contributed by atoms with van der Waals surface area (Å²) < 4.78 is 4.75. The first-order valence-electron chi connectivity index (χ1n) is 7.25. The Morgan fingerprint density at radius 3 is 2.91 bits per heavy atom. The number of likely N-dealkylation sites (tertiary alicyclic amines) is 1. The number of thiazole rings is 1. The molecule has 0 aliphatic carbocycles. The Bertz CT molecular complexity index is 732. The molecule has 3 rings (SSSR count). The van der Waals surface area contributed by atoms with E-state index < -0.39 is 5.97 Å². The third-order valence-corrected chi connectivity index (χ3v) is 4.89. The fraction of sp³-hybridized carbons (Fsp3) is 0.400. The molecule has 1 aliphatic heterocycles. The maximum Gasteiger partial charge on any atom is 0.357 e. The van der Waals surface area contributed by atoms with Crippen molar-refractivity contribution in [3.8, 4) is 0 Å². The van der Waals surface area contributed by atoms with Crippen molar-refractivity contribution in [1.82, 2.24) is 20.1 Å². The lowest BCUT2D eigenvalue weighted by Gasteiger charge is -2.22. The SMILES string of the molecule is COC(=O)c1nc(C2CCCN2C(=O)c2ccnnc2)sc1C. The van der Waals surface area contributed by atoms with Crippen LogP contribution in [-0.2, 0) is 4.74 Å². The molecule has 1 aliphatic rings. The van der Waals surface area contributed by atoms with Gasteiger partial charge in [-0.3, -0.25) is 4.79 Å². The second kappa shape index (κ2) is 6.41. The Morgan fingerprint density at radius 2 is 2.22 bits per heavy atom. The monoisotopic (exact) mass is 332 g/mol. The quantitative estimate of drug-likeness (QED) is 0.799. The first kappa shape index (κ1) is 15.5. The zero-order chi connectivity index (χ0) is 16.4. The topological polar surface area (TPSA) is 85.3 Å². The highest BCUT2D eigenvalue weighted by molar-refractivity contribution is 7.12. The van der Waals surface area contributed by atoms with Crippen molar-refractivity contribution in [3.63, 3.8) is 0 Å². The average Bonchev–Trinajstić information content (AvgIpc) is 3.20. The van der Waals surface area contributed by atoms with Crippen LogP contribution in [0, 0.1) is 6.92 Å². The molecule has 1 amide bonds. The van der Waals surface area contributed by atoms with Crippen LogP contribution in [0.1, 0.15) is 49.6 Å². The highest BCUT2D eigenvalue weighted by Gasteiger charge is 2.33. The molecule has 2 aromatic heterocycles. The fourth-order valence-corrected chi connectivity index (χ4v) is 3.75. The molecule has 1 atom stereocenters. The normalized spacial score (nSPS) is 17.3. The number of hydrogen-bond acceptors (Lipinski definition) is 7. The van der Waals surface area contributed by atoms with Gasteiger partial charge in [0.2, 0.25) is 0 Å². The van der Waals surface area contributed by atoms with Gasteiger partial charge in [-0.15, -0.1) is 11.3 Å². The van der Waals surface area contributed by atoms with E-state index in [2.05, 4.69) is 15.2 Å². The van der Waals surface area contributed by atoms with Gasteiger partial charge in [0.1, 0.15) is 5.01 Å². The van der Waals surface area contributed by atoms with Gasteiger partial charge in [0.25, 0.3) is 5.91 Å². The minimum atomic E-state index is -0.445. The van der Waals surface area contributed by atoms with Gasteiger partial charge in [-0.25, -0.2) is 9.78 Å². The zero-order valence-electron chi connectivity index (χ0n) is 12.9. The van der Waals surface area contributed by atoms with Crippen molar-refractivity contribution >= 4 is 23.2 Å². The Labute approximate surface area is 137 Å². The number of carbonyl (C=O) groups excluding carboxylic acids is 2. The van der Waals surface area contributed by atoms with Crippen LogP contribution in [0.5, 0.6) is 0 Å². The minimum Gasteiger partial charge on any atom is -0.464 e. The highest BCUT2D eigenvalue weighted by Crippen LogP contribution is 2.36. The van der Waals surface area contributed by atoms with Crippen molar-refractivity contribution in [2.45, 2.75) is 25.8 Å². The van der Waals surface area contributed by atoms with E-state index in [4.69, 9.17) is 4.74 Å². The van der Waals surface area contributed by atoms with Gasteiger partial charge in [0.05, 0.1) is 31.1 Å². The molecular formula is C15H16N4O3S. The van der Waals surface area contributed by atoms with Gasteiger partial charge < -0.3 is 9.64 Å². The Balaban J connectivity index is 1.88. The van der Waals surface area contributed by atoms with Crippen LogP contribution >= 0.6 is 11.3 Å². The smallest absolute Gasteiger partial charge is 0.357 e. The number of carbonyl (C=O) groups is 2. The van der Waals surface area contributed by atoms with Crippen LogP contribution in [0.15, 0.2) is 18.5 Å².